The number of primary amides is 1. The highest BCUT2D eigenvalue weighted by Crippen LogP contribution is 2.44. The molecule has 19 heteroatoms. The van der Waals surface area contributed by atoms with Gasteiger partial charge in [-0.05, 0) is 29.8 Å². The molecule has 1 heterocycles. The fourth-order valence-electron chi connectivity index (χ4n) is 4.56. The summed E-state index contributed by atoms with van der Waals surface area (Å²) in [5.74, 6) is -5.72. The Kier molecular flexibility index (Phi) is 13.4. The van der Waals surface area contributed by atoms with Crippen LogP contribution in [0, 0.1) is 5.92 Å². The number of nitrogens with zero attached hydrogens (tertiary/aromatic N) is 1. The van der Waals surface area contributed by atoms with Crippen LogP contribution in [-0.2, 0) is 36.9 Å². The number of nitrogens with two attached hydrogens (primary N) is 2. The van der Waals surface area contributed by atoms with E-state index >= 15 is 0 Å². The van der Waals surface area contributed by atoms with Crippen LogP contribution in [0.4, 0.5) is 32.0 Å². The van der Waals surface area contributed by atoms with E-state index in [9.17, 15) is 49.1 Å². The van der Waals surface area contributed by atoms with Gasteiger partial charge in [0.2, 0.25) is 5.91 Å². The second-order valence-corrected chi connectivity index (χ2v) is 13.6. The highest BCUT2D eigenvalue weighted by molar-refractivity contribution is 8.03. The standard InChI is InChI=1S/C17H15F3N2O3.C10H13NO3S2.C2HF3O2/c18-17(19,20)13-6-1-2-7-14(13)22(10-15(23)24)16(25)12-5-3-4-11(8-12)9-21;1-16(13,14)9-6-4-2-3-5-7(6)15-8(9)10(11)12;3-2(4,5)1(6)7/h1-8H,9-10,21H2,(H,23,24);2-9H,1H3,(H2,11,12);(H,6,7). The van der Waals surface area contributed by atoms with E-state index in [2.05, 4.69) is 0 Å². The lowest BCUT2D eigenvalue weighted by atomic mass is 9.95. The molecule has 4 rings (SSSR count). The molecule has 0 radical (unpaired) electrons. The lowest BCUT2D eigenvalue weighted by Crippen LogP contribution is -2.41. The Morgan fingerprint density at radius 1 is 0.938 bits per heavy atom. The fourth-order valence-corrected chi connectivity index (χ4v) is 8.30. The minimum absolute atomic E-state index is 0.0437. The number of thioether (sulfide) groups is 1. The largest absolute Gasteiger partial charge is 0.490 e. The van der Waals surface area contributed by atoms with Crippen molar-refractivity contribution in [1.29, 1.82) is 0 Å². The molecule has 4 atom stereocenters. The smallest absolute Gasteiger partial charge is 0.480 e. The van der Waals surface area contributed by atoms with Gasteiger partial charge < -0.3 is 21.7 Å². The second-order valence-electron chi connectivity index (χ2n) is 10.1. The molecular weight excluding hydrogens is 696 g/mol. The van der Waals surface area contributed by atoms with Gasteiger partial charge in [-0.1, -0.05) is 48.6 Å². The number of anilines is 1. The molecule has 0 saturated carbocycles. The third kappa shape index (κ3) is 10.8. The summed E-state index contributed by atoms with van der Waals surface area (Å²) in [5.41, 5.74) is 9.83. The van der Waals surface area contributed by atoms with E-state index in [4.69, 9.17) is 26.5 Å². The van der Waals surface area contributed by atoms with Gasteiger partial charge in [-0.3, -0.25) is 19.3 Å². The molecule has 2 aromatic rings. The average molecular weight is 726 g/mol. The number of fused-ring (bicyclic) bond motifs is 1. The summed E-state index contributed by atoms with van der Waals surface area (Å²) in [6.07, 6.45) is -1.17. The summed E-state index contributed by atoms with van der Waals surface area (Å²) >= 11 is 1.35. The van der Waals surface area contributed by atoms with Crippen molar-refractivity contribution in [2.45, 2.75) is 34.6 Å². The van der Waals surface area contributed by atoms with Gasteiger partial charge >= 0.3 is 24.3 Å². The molecule has 6 N–H and O–H groups in total. The number of allylic oxidation sites excluding steroid dienone is 3. The number of carboxylic acids is 2. The van der Waals surface area contributed by atoms with Crippen molar-refractivity contribution < 1.29 is 64.2 Å². The first kappa shape index (κ1) is 39.8. The highest BCUT2D eigenvalue weighted by atomic mass is 32.2. The van der Waals surface area contributed by atoms with Crippen molar-refractivity contribution in [2.75, 3.05) is 17.7 Å². The van der Waals surface area contributed by atoms with Gasteiger partial charge in [-0.2, -0.15) is 26.3 Å². The Hall–Kier alpha value is -4.36. The minimum atomic E-state index is -5.08. The summed E-state index contributed by atoms with van der Waals surface area (Å²) < 4.78 is 94.9. The molecule has 1 saturated heterocycles. The topological polar surface area (TPSA) is 198 Å². The first-order chi connectivity index (χ1) is 22.1. The van der Waals surface area contributed by atoms with Gasteiger partial charge in [0.15, 0.2) is 9.84 Å². The van der Waals surface area contributed by atoms with Crippen LogP contribution in [0.15, 0.2) is 72.8 Å². The average Bonchev–Trinajstić information content (AvgIpc) is 3.40. The number of alkyl halides is 6. The van der Waals surface area contributed by atoms with Crippen LogP contribution in [0.2, 0.25) is 0 Å². The van der Waals surface area contributed by atoms with Crippen LogP contribution in [0.5, 0.6) is 0 Å². The Morgan fingerprint density at radius 3 is 2.02 bits per heavy atom. The van der Waals surface area contributed by atoms with Gasteiger partial charge in [0, 0.05) is 29.5 Å². The number of carbonyl (C=O) groups excluding carboxylic acids is 2. The van der Waals surface area contributed by atoms with E-state index in [0.717, 1.165) is 12.1 Å². The van der Waals surface area contributed by atoms with E-state index < -0.39 is 74.2 Å². The normalized spacial score (nSPS) is 19.9. The van der Waals surface area contributed by atoms with Crippen molar-refractivity contribution in [2.24, 2.45) is 17.4 Å². The van der Waals surface area contributed by atoms with Crippen molar-refractivity contribution in [3.8, 4) is 0 Å². The number of aliphatic carboxylic acids is 2. The van der Waals surface area contributed by atoms with E-state index in [-0.39, 0.29) is 23.3 Å². The quantitative estimate of drug-likeness (QED) is 0.306. The lowest BCUT2D eigenvalue weighted by Gasteiger charge is -2.24. The molecule has 262 valence electrons. The van der Waals surface area contributed by atoms with Crippen molar-refractivity contribution in [3.05, 3.63) is 89.5 Å². The van der Waals surface area contributed by atoms with Crippen LogP contribution in [0.1, 0.15) is 21.5 Å². The molecule has 2 aromatic carbocycles. The molecule has 0 spiro atoms. The molecule has 0 bridgehead atoms. The van der Waals surface area contributed by atoms with E-state index in [1.54, 1.807) is 6.07 Å². The maximum Gasteiger partial charge on any atom is 0.490 e. The van der Waals surface area contributed by atoms with Crippen LogP contribution >= 0.6 is 11.8 Å². The zero-order chi connectivity index (χ0) is 36.6. The lowest BCUT2D eigenvalue weighted by molar-refractivity contribution is -0.192. The number of carbonyl (C=O) groups is 4. The molecule has 1 aliphatic carbocycles. The number of hydrogen-bond donors (Lipinski definition) is 4. The number of sulfone groups is 1. The monoisotopic (exact) mass is 725 g/mol. The van der Waals surface area contributed by atoms with Crippen LogP contribution in [-0.4, -0.2) is 77.1 Å². The van der Waals surface area contributed by atoms with Crippen molar-refractivity contribution in [1.82, 2.24) is 0 Å². The van der Waals surface area contributed by atoms with E-state index in [1.807, 2.05) is 24.3 Å². The third-order valence-corrected chi connectivity index (χ3v) is 9.92. The zero-order valence-electron chi connectivity index (χ0n) is 24.7. The summed E-state index contributed by atoms with van der Waals surface area (Å²) in [7, 11) is -3.27. The number of amides is 2. The van der Waals surface area contributed by atoms with Crippen molar-refractivity contribution in [3.63, 3.8) is 0 Å². The zero-order valence-corrected chi connectivity index (χ0v) is 26.3. The van der Waals surface area contributed by atoms with Gasteiger partial charge in [-0.25, -0.2) is 13.2 Å². The summed E-state index contributed by atoms with van der Waals surface area (Å²) in [6.45, 7) is -0.766. The maximum atomic E-state index is 13.2. The predicted octanol–water partition coefficient (Wildman–Crippen LogP) is 3.64. The van der Waals surface area contributed by atoms with Gasteiger partial charge in [-0.15, -0.1) is 11.8 Å². The molecule has 4 unspecified atom stereocenters. The first-order valence-corrected chi connectivity index (χ1v) is 16.3. The number of hydrogen-bond acceptors (Lipinski definition) is 8. The molecule has 2 amide bonds. The molecule has 0 aromatic heterocycles. The van der Waals surface area contributed by atoms with Crippen LogP contribution in [0.25, 0.3) is 0 Å². The maximum absolute atomic E-state index is 13.2. The number of carboxylic acid groups (broad SMARTS) is 2. The Balaban J connectivity index is 0.000000295. The minimum Gasteiger partial charge on any atom is -0.480 e. The van der Waals surface area contributed by atoms with Gasteiger partial charge in [0.25, 0.3) is 5.91 Å². The Morgan fingerprint density at radius 2 is 1.52 bits per heavy atom. The van der Waals surface area contributed by atoms with Crippen LogP contribution in [0.3, 0.4) is 0 Å². The molecule has 1 fully saturated rings. The SMILES string of the molecule is CS(=O)(=O)C1C(C(N)=O)SC2C=CC=CC21.NCc1cccc(C(=O)N(CC(=O)O)c2ccccc2C(F)(F)F)c1.O=C(O)C(F)(F)F. The number of rotatable bonds is 7. The molecule has 48 heavy (non-hydrogen) atoms. The second kappa shape index (κ2) is 16.2. The number of halogens is 6. The Labute approximate surface area is 274 Å². The summed E-state index contributed by atoms with van der Waals surface area (Å²) in [5, 5.41) is 14.9. The molecule has 11 nitrogen and oxygen atoms in total. The summed E-state index contributed by atoms with van der Waals surface area (Å²) in [4.78, 5) is 44.6. The first-order valence-electron chi connectivity index (χ1n) is 13.4. The molecular formula is C29H29F6N3O8S2. The van der Waals surface area contributed by atoms with Gasteiger partial charge in [0.05, 0.1) is 16.5 Å². The van der Waals surface area contributed by atoms with E-state index in [1.165, 1.54) is 48.3 Å². The van der Waals surface area contributed by atoms with Gasteiger partial charge in [0.1, 0.15) is 11.8 Å². The highest BCUT2D eigenvalue weighted by Gasteiger charge is 2.50. The summed E-state index contributed by atoms with van der Waals surface area (Å²) in [6, 6.07) is 10.4. The predicted molar refractivity (Wildman–Crippen MR) is 164 cm³/mol. The number of benzene rings is 2. The van der Waals surface area contributed by atoms with E-state index in [0.29, 0.717) is 10.5 Å². The number of para-hydroxylation sites is 1. The molecule has 1 aliphatic heterocycles. The third-order valence-electron chi connectivity index (χ3n) is 6.57. The van der Waals surface area contributed by atoms with Crippen molar-refractivity contribution >= 4 is 51.0 Å². The fraction of sp³-hybridized carbons (Fsp3) is 0.310. The van der Waals surface area contributed by atoms with Crippen LogP contribution < -0.4 is 16.4 Å². The molecule has 2 aliphatic rings. The Bertz CT molecular complexity index is 1680.